The first kappa shape index (κ1) is 10.6. The average molecular weight is 218 g/mol. The van der Waals surface area contributed by atoms with Crippen LogP contribution in [0.25, 0.3) is 11.5 Å². The zero-order chi connectivity index (χ0) is 11.5. The summed E-state index contributed by atoms with van der Waals surface area (Å²) in [5, 5.41) is 3.89. The van der Waals surface area contributed by atoms with Crippen molar-refractivity contribution in [2.75, 3.05) is 19.8 Å². The highest BCUT2D eigenvalue weighted by Gasteiger charge is 2.09. The molecule has 0 fully saturated rings. The van der Waals surface area contributed by atoms with Crippen LogP contribution in [-0.2, 0) is 6.54 Å². The second-order valence-corrected chi connectivity index (χ2v) is 3.88. The predicted molar refractivity (Wildman–Crippen MR) is 61.5 cm³/mol. The van der Waals surface area contributed by atoms with Crippen LogP contribution in [-0.4, -0.2) is 29.1 Å². The fraction of sp³-hybridized carbons (Fsp3) is 0.273. The number of hydrogen-bond donors (Lipinski definition) is 1. The summed E-state index contributed by atoms with van der Waals surface area (Å²) in [6.07, 6.45) is 0. The average Bonchev–Trinajstić information content (AvgIpc) is 2.65. The van der Waals surface area contributed by atoms with Crippen molar-refractivity contribution in [1.82, 2.24) is 15.0 Å². The maximum atomic E-state index is 5.69. The van der Waals surface area contributed by atoms with E-state index in [1.807, 2.05) is 43.3 Å². The number of hydrogen-bond acceptors (Lipinski definition) is 5. The summed E-state index contributed by atoms with van der Waals surface area (Å²) in [4.78, 5) is 6.27. The highest BCUT2D eigenvalue weighted by atomic mass is 16.5. The Balaban J connectivity index is 2.24. The van der Waals surface area contributed by atoms with Gasteiger partial charge in [0.15, 0.2) is 5.82 Å². The molecule has 1 aromatic heterocycles. The van der Waals surface area contributed by atoms with E-state index in [4.69, 9.17) is 10.3 Å². The summed E-state index contributed by atoms with van der Waals surface area (Å²) < 4.78 is 5.16. The molecule has 2 N–H and O–H groups in total. The lowest BCUT2D eigenvalue weighted by atomic mass is 10.2. The third-order valence-corrected chi connectivity index (χ3v) is 2.06. The fourth-order valence-corrected chi connectivity index (χ4v) is 1.39. The van der Waals surface area contributed by atoms with E-state index in [0.29, 0.717) is 23.9 Å². The summed E-state index contributed by atoms with van der Waals surface area (Å²) in [6.45, 7) is 0.659. The molecule has 1 heterocycles. The summed E-state index contributed by atoms with van der Waals surface area (Å²) >= 11 is 0. The van der Waals surface area contributed by atoms with Gasteiger partial charge in [-0.25, -0.2) is 0 Å². The molecule has 5 heteroatoms. The molecule has 84 valence electrons. The van der Waals surface area contributed by atoms with Crippen molar-refractivity contribution in [3.05, 3.63) is 30.1 Å². The largest absolute Gasteiger partial charge is 0.399 e. The third-order valence-electron chi connectivity index (χ3n) is 2.06. The van der Waals surface area contributed by atoms with Crippen molar-refractivity contribution >= 4 is 5.69 Å². The van der Waals surface area contributed by atoms with Crippen LogP contribution in [0.5, 0.6) is 0 Å². The second kappa shape index (κ2) is 4.32. The van der Waals surface area contributed by atoms with Gasteiger partial charge in [-0.2, -0.15) is 4.98 Å². The van der Waals surface area contributed by atoms with Crippen LogP contribution in [0.3, 0.4) is 0 Å². The van der Waals surface area contributed by atoms with E-state index in [1.54, 1.807) is 0 Å². The highest BCUT2D eigenvalue weighted by molar-refractivity contribution is 5.59. The van der Waals surface area contributed by atoms with E-state index >= 15 is 0 Å². The van der Waals surface area contributed by atoms with E-state index in [2.05, 4.69) is 10.1 Å². The van der Waals surface area contributed by atoms with Crippen LogP contribution in [0.4, 0.5) is 5.69 Å². The summed E-state index contributed by atoms with van der Waals surface area (Å²) in [5.41, 5.74) is 7.22. The lowest BCUT2D eigenvalue weighted by Crippen LogP contribution is -2.11. The monoisotopic (exact) mass is 218 g/mol. The quantitative estimate of drug-likeness (QED) is 0.788. The van der Waals surface area contributed by atoms with E-state index in [-0.39, 0.29) is 0 Å². The number of rotatable bonds is 3. The van der Waals surface area contributed by atoms with E-state index < -0.39 is 0 Å². The molecule has 1 aromatic carbocycles. The molecule has 2 rings (SSSR count). The Hall–Kier alpha value is -1.88. The van der Waals surface area contributed by atoms with Gasteiger partial charge in [-0.3, -0.25) is 0 Å². The van der Waals surface area contributed by atoms with E-state index in [1.165, 1.54) is 0 Å². The summed E-state index contributed by atoms with van der Waals surface area (Å²) in [6, 6.07) is 7.39. The first-order chi connectivity index (χ1) is 7.65. The third kappa shape index (κ3) is 2.38. The zero-order valence-electron chi connectivity index (χ0n) is 9.34. The normalized spacial score (nSPS) is 10.9. The van der Waals surface area contributed by atoms with E-state index in [0.717, 1.165) is 5.56 Å². The number of nitrogens with two attached hydrogens (primary N) is 1. The topological polar surface area (TPSA) is 68.2 Å². The van der Waals surface area contributed by atoms with Crippen LogP contribution in [0.2, 0.25) is 0 Å². The van der Waals surface area contributed by atoms with Crippen LogP contribution >= 0.6 is 0 Å². The standard InChI is InChI=1S/C11H14N4O/c1-15(2)7-10-13-11(16-14-10)8-4-3-5-9(12)6-8/h3-6H,7,12H2,1-2H3. The van der Waals surface area contributed by atoms with Crippen molar-refractivity contribution in [3.8, 4) is 11.5 Å². The Labute approximate surface area is 93.9 Å². The number of benzene rings is 1. The van der Waals surface area contributed by atoms with Crippen molar-refractivity contribution in [2.24, 2.45) is 0 Å². The van der Waals surface area contributed by atoms with Gasteiger partial charge < -0.3 is 15.2 Å². The number of anilines is 1. The summed E-state index contributed by atoms with van der Waals surface area (Å²) in [7, 11) is 3.91. The first-order valence-electron chi connectivity index (χ1n) is 4.98. The lowest BCUT2D eigenvalue weighted by Gasteiger charge is -2.03. The molecule has 0 saturated heterocycles. The Morgan fingerprint density at radius 2 is 2.19 bits per heavy atom. The summed E-state index contributed by atoms with van der Waals surface area (Å²) in [5.74, 6) is 1.17. The predicted octanol–water partition coefficient (Wildman–Crippen LogP) is 1.38. The van der Waals surface area contributed by atoms with Crippen LogP contribution in [0, 0.1) is 0 Å². The Morgan fingerprint density at radius 1 is 1.38 bits per heavy atom. The van der Waals surface area contributed by atoms with Crippen LogP contribution < -0.4 is 5.73 Å². The van der Waals surface area contributed by atoms with Crippen molar-refractivity contribution < 1.29 is 4.52 Å². The molecule has 0 aliphatic carbocycles. The maximum absolute atomic E-state index is 5.69. The van der Waals surface area contributed by atoms with Gasteiger partial charge in [0.2, 0.25) is 0 Å². The van der Waals surface area contributed by atoms with Crippen molar-refractivity contribution in [1.29, 1.82) is 0 Å². The van der Waals surface area contributed by atoms with Gasteiger partial charge in [-0.1, -0.05) is 11.2 Å². The second-order valence-electron chi connectivity index (χ2n) is 3.88. The molecule has 0 saturated carbocycles. The van der Waals surface area contributed by atoms with Gasteiger partial charge in [-0.15, -0.1) is 0 Å². The van der Waals surface area contributed by atoms with Gasteiger partial charge in [-0.05, 0) is 32.3 Å². The minimum Gasteiger partial charge on any atom is -0.399 e. The smallest absolute Gasteiger partial charge is 0.258 e. The number of nitrogen functional groups attached to an aromatic ring is 1. The fourth-order valence-electron chi connectivity index (χ4n) is 1.39. The van der Waals surface area contributed by atoms with Crippen molar-refractivity contribution in [3.63, 3.8) is 0 Å². The number of aromatic nitrogens is 2. The molecule has 0 unspecified atom stereocenters. The van der Waals surface area contributed by atoms with Gasteiger partial charge >= 0.3 is 0 Å². The lowest BCUT2D eigenvalue weighted by molar-refractivity contribution is 0.365. The molecule has 0 aliphatic heterocycles. The molecule has 0 radical (unpaired) electrons. The van der Waals surface area contributed by atoms with Crippen molar-refractivity contribution in [2.45, 2.75) is 6.54 Å². The zero-order valence-corrected chi connectivity index (χ0v) is 9.34. The minimum absolute atomic E-state index is 0.504. The Bertz CT molecular complexity index is 478. The first-order valence-corrected chi connectivity index (χ1v) is 4.98. The van der Waals surface area contributed by atoms with Gasteiger partial charge in [0, 0.05) is 11.3 Å². The molecular formula is C11H14N4O. The highest BCUT2D eigenvalue weighted by Crippen LogP contribution is 2.19. The number of nitrogens with zero attached hydrogens (tertiary/aromatic N) is 3. The molecule has 2 aromatic rings. The maximum Gasteiger partial charge on any atom is 0.258 e. The SMILES string of the molecule is CN(C)Cc1noc(-c2cccc(N)c2)n1. The Kier molecular flexibility index (Phi) is 2.87. The Morgan fingerprint density at radius 3 is 2.88 bits per heavy atom. The molecule has 0 amide bonds. The molecule has 5 nitrogen and oxygen atoms in total. The minimum atomic E-state index is 0.504. The van der Waals surface area contributed by atoms with Crippen LogP contribution in [0.15, 0.2) is 28.8 Å². The molecule has 0 atom stereocenters. The van der Waals surface area contributed by atoms with Gasteiger partial charge in [0.1, 0.15) is 0 Å². The molecule has 0 bridgehead atoms. The molecular weight excluding hydrogens is 204 g/mol. The van der Waals surface area contributed by atoms with E-state index in [9.17, 15) is 0 Å². The molecule has 0 aliphatic rings. The van der Waals surface area contributed by atoms with Gasteiger partial charge in [0.05, 0.1) is 6.54 Å². The van der Waals surface area contributed by atoms with Gasteiger partial charge in [0.25, 0.3) is 5.89 Å². The molecule has 16 heavy (non-hydrogen) atoms. The van der Waals surface area contributed by atoms with Crippen LogP contribution in [0.1, 0.15) is 5.82 Å². The molecule has 0 spiro atoms.